The van der Waals surface area contributed by atoms with Gasteiger partial charge in [-0.1, -0.05) is 19.1 Å². The monoisotopic (exact) mass is 404 g/mol. The van der Waals surface area contributed by atoms with Crippen LogP contribution >= 0.6 is 0 Å². The molecule has 0 unspecified atom stereocenters. The van der Waals surface area contributed by atoms with Crippen LogP contribution in [0.2, 0.25) is 0 Å². The maximum Gasteiger partial charge on any atom is 0.253 e. The molecule has 0 saturated carbocycles. The summed E-state index contributed by atoms with van der Waals surface area (Å²) in [5.74, 6) is 0.588. The van der Waals surface area contributed by atoms with Crippen molar-refractivity contribution in [1.29, 1.82) is 0 Å². The first-order chi connectivity index (χ1) is 13.4. The van der Waals surface area contributed by atoms with E-state index in [1.54, 1.807) is 48.2 Å². The molecule has 28 heavy (non-hydrogen) atoms. The minimum atomic E-state index is -3.62. The molecule has 152 valence electrons. The van der Waals surface area contributed by atoms with Crippen LogP contribution in [0.3, 0.4) is 0 Å². The largest absolute Gasteiger partial charge is 0.497 e. The Hall–Kier alpha value is -2.38. The van der Waals surface area contributed by atoms with Crippen LogP contribution in [0.5, 0.6) is 5.75 Å². The SMILES string of the molecule is CCN(CC)C(=O)c1ccc(CN(CC)S(=O)(=O)c2ccc(OC)cc2)cc1. The third kappa shape index (κ3) is 4.91. The van der Waals surface area contributed by atoms with Gasteiger partial charge in [0.05, 0.1) is 12.0 Å². The Morgan fingerprint density at radius 1 is 0.893 bits per heavy atom. The van der Waals surface area contributed by atoms with Gasteiger partial charge in [-0.3, -0.25) is 4.79 Å². The van der Waals surface area contributed by atoms with Gasteiger partial charge in [-0.15, -0.1) is 0 Å². The van der Waals surface area contributed by atoms with Crippen LogP contribution in [-0.4, -0.2) is 50.3 Å². The lowest BCUT2D eigenvalue weighted by Gasteiger charge is -2.21. The molecule has 0 heterocycles. The van der Waals surface area contributed by atoms with E-state index in [4.69, 9.17) is 4.74 Å². The van der Waals surface area contributed by atoms with Crippen LogP contribution in [0.25, 0.3) is 0 Å². The number of rotatable bonds is 9. The molecule has 1 amide bonds. The van der Waals surface area contributed by atoms with Crippen molar-refractivity contribution in [2.45, 2.75) is 32.2 Å². The normalized spacial score (nSPS) is 11.5. The Bertz CT molecular complexity index is 874. The summed E-state index contributed by atoms with van der Waals surface area (Å²) in [6.07, 6.45) is 0. The summed E-state index contributed by atoms with van der Waals surface area (Å²) < 4.78 is 32.4. The predicted octanol–water partition coefficient (Wildman–Crippen LogP) is 3.39. The first-order valence-electron chi connectivity index (χ1n) is 9.39. The molecule has 2 rings (SSSR count). The summed E-state index contributed by atoms with van der Waals surface area (Å²) in [6, 6.07) is 13.5. The fourth-order valence-electron chi connectivity index (χ4n) is 2.91. The Labute approximate surface area is 167 Å². The van der Waals surface area contributed by atoms with Gasteiger partial charge < -0.3 is 9.64 Å². The van der Waals surface area contributed by atoms with Crippen LogP contribution in [0.1, 0.15) is 36.7 Å². The fourth-order valence-corrected chi connectivity index (χ4v) is 4.35. The summed E-state index contributed by atoms with van der Waals surface area (Å²) >= 11 is 0. The number of hydrogen-bond donors (Lipinski definition) is 0. The number of amides is 1. The number of carbonyl (C=O) groups is 1. The van der Waals surface area contributed by atoms with E-state index in [2.05, 4.69) is 0 Å². The fraction of sp³-hybridized carbons (Fsp3) is 0.381. The predicted molar refractivity (Wildman–Crippen MR) is 110 cm³/mol. The quantitative estimate of drug-likeness (QED) is 0.643. The van der Waals surface area contributed by atoms with Crippen LogP contribution in [0.4, 0.5) is 0 Å². The molecule has 0 radical (unpaired) electrons. The van der Waals surface area contributed by atoms with Crippen molar-refractivity contribution in [3.05, 3.63) is 59.7 Å². The van der Waals surface area contributed by atoms with Gasteiger partial charge >= 0.3 is 0 Å². The van der Waals surface area contributed by atoms with Crippen molar-refractivity contribution >= 4 is 15.9 Å². The highest BCUT2D eigenvalue weighted by Crippen LogP contribution is 2.21. The van der Waals surface area contributed by atoms with E-state index in [1.165, 1.54) is 11.4 Å². The Morgan fingerprint density at radius 3 is 1.93 bits per heavy atom. The van der Waals surface area contributed by atoms with E-state index in [-0.39, 0.29) is 17.3 Å². The highest BCUT2D eigenvalue weighted by Gasteiger charge is 2.23. The average Bonchev–Trinajstić information content (AvgIpc) is 2.73. The molecule has 2 aromatic carbocycles. The molecular formula is C21H28N2O4S. The van der Waals surface area contributed by atoms with E-state index in [0.29, 0.717) is 30.9 Å². The van der Waals surface area contributed by atoms with E-state index in [0.717, 1.165) is 5.56 Å². The topological polar surface area (TPSA) is 66.9 Å². The van der Waals surface area contributed by atoms with E-state index in [1.807, 2.05) is 26.0 Å². The van der Waals surface area contributed by atoms with Crippen LogP contribution in [-0.2, 0) is 16.6 Å². The molecule has 0 saturated heterocycles. The van der Waals surface area contributed by atoms with Gasteiger partial charge in [-0.25, -0.2) is 8.42 Å². The lowest BCUT2D eigenvalue weighted by Crippen LogP contribution is -2.31. The van der Waals surface area contributed by atoms with Crippen molar-refractivity contribution in [2.24, 2.45) is 0 Å². The maximum absolute atomic E-state index is 12.9. The maximum atomic E-state index is 12.9. The van der Waals surface area contributed by atoms with E-state index in [9.17, 15) is 13.2 Å². The zero-order chi connectivity index (χ0) is 20.7. The first-order valence-corrected chi connectivity index (χ1v) is 10.8. The van der Waals surface area contributed by atoms with E-state index >= 15 is 0 Å². The molecule has 6 nitrogen and oxygen atoms in total. The van der Waals surface area contributed by atoms with Crippen LogP contribution < -0.4 is 4.74 Å². The van der Waals surface area contributed by atoms with Gasteiger partial charge in [0.25, 0.3) is 5.91 Å². The highest BCUT2D eigenvalue weighted by molar-refractivity contribution is 7.89. The van der Waals surface area contributed by atoms with Crippen LogP contribution in [0, 0.1) is 0 Å². The second kappa shape index (κ2) is 9.71. The minimum absolute atomic E-state index is 0.0187. The van der Waals surface area contributed by atoms with Gasteiger partial charge in [-0.2, -0.15) is 4.31 Å². The lowest BCUT2D eigenvalue weighted by molar-refractivity contribution is 0.0773. The molecule has 2 aromatic rings. The van der Waals surface area contributed by atoms with E-state index < -0.39 is 10.0 Å². The van der Waals surface area contributed by atoms with Crippen molar-refractivity contribution in [2.75, 3.05) is 26.7 Å². The molecule has 0 aliphatic heterocycles. The number of methoxy groups -OCH3 is 1. The Morgan fingerprint density at radius 2 is 1.46 bits per heavy atom. The van der Waals surface area contributed by atoms with Crippen molar-refractivity contribution in [1.82, 2.24) is 9.21 Å². The molecule has 0 bridgehead atoms. The summed E-state index contributed by atoms with van der Waals surface area (Å²) in [7, 11) is -2.08. The van der Waals surface area contributed by atoms with Gasteiger partial charge in [-0.05, 0) is 55.8 Å². The second-order valence-electron chi connectivity index (χ2n) is 6.28. The third-order valence-corrected chi connectivity index (χ3v) is 6.60. The second-order valence-corrected chi connectivity index (χ2v) is 8.22. The molecule has 0 aromatic heterocycles. The van der Waals surface area contributed by atoms with Gasteiger partial charge in [0.1, 0.15) is 5.75 Å². The molecule has 7 heteroatoms. The summed E-state index contributed by atoms with van der Waals surface area (Å²) in [4.78, 5) is 14.4. The minimum Gasteiger partial charge on any atom is -0.497 e. The average molecular weight is 405 g/mol. The molecule has 0 N–H and O–H groups in total. The van der Waals surface area contributed by atoms with Crippen molar-refractivity contribution in [3.63, 3.8) is 0 Å². The zero-order valence-corrected chi connectivity index (χ0v) is 17.7. The smallest absolute Gasteiger partial charge is 0.253 e. The molecule has 0 atom stereocenters. The van der Waals surface area contributed by atoms with Crippen molar-refractivity contribution < 1.29 is 17.9 Å². The molecule has 0 spiro atoms. The number of sulfonamides is 1. The summed E-state index contributed by atoms with van der Waals surface area (Å²) in [5.41, 5.74) is 1.43. The first kappa shape index (κ1) is 21.9. The highest BCUT2D eigenvalue weighted by atomic mass is 32.2. The summed E-state index contributed by atoms with van der Waals surface area (Å²) in [6.45, 7) is 7.58. The number of hydrogen-bond acceptors (Lipinski definition) is 4. The van der Waals surface area contributed by atoms with Crippen molar-refractivity contribution in [3.8, 4) is 5.75 Å². The number of ether oxygens (including phenoxy) is 1. The van der Waals surface area contributed by atoms with Gasteiger partial charge in [0, 0.05) is 31.7 Å². The van der Waals surface area contributed by atoms with Crippen LogP contribution in [0.15, 0.2) is 53.4 Å². The standard InChI is InChI=1S/C21H28N2O4S/c1-5-22(6-2)21(24)18-10-8-17(9-11-18)16-23(7-3)28(25,26)20-14-12-19(27-4)13-15-20/h8-15H,5-7,16H2,1-4H3. The molecular weight excluding hydrogens is 376 g/mol. The zero-order valence-electron chi connectivity index (χ0n) is 16.9. The lowest BCUT2D eigenvalue weighted by atomic mass is 10.1. The molecule has 0 fully saturated rings. The van der Waals surface area contributed by atoms with Gasteiger partial charge in [0.15, 0.2) is 0 Å². The number of carbonyl (C=O) groups excluding carboxylic acids is 1. The molecule has 0 aliphatic rings. The number of benzene rings is 2. The summed E-state index contributed by atoms with van der Waals surface area (Å²) in [5, 5.41) is 0. The Balaban J connectivity index is 2.18. The number of nitrogens with zero attached hydrogens (tertiary/aromatic N) is 2. The Kier molecular flexibility index (Phi) is 7.60. The molecule has 0 aliphatic carbocycles. The third-order valence-electron chi connectivity index (χ3n) is 4.66. The van der Waals surface area contributed by atoms with Gasteiger partial charge in [0.2, 0.25) is 10.0 Å².